The predicted octanol–water partition coefficient (Wildman–Crippen LogP) is 2.85. The second kappa shape index (κ2) is 8.63. The van der Waals surface area contributed by atoms with E-state index in [-0.39, 0.29) is 12.3 Å². The first-order chi connectivity index (χ1) is 12.0. The van der Waals surface area contributed by atoms with Gasteiger partial charge in [0, 0.05) is 23.5 Å². The number of hydrogen-bond acceptors (Lipinski definition) is 4. The Morgan fingerprint density at radius 2 is 1.64 bits per heavy atom. The average molecular weight is 340 g/mol. The zero-order valence-corrected chi connectivity index (χ0v) is 14.2. The molecule has 0 saturated heterocycles. The fraction of sp³-hybridized carbons (Fsp3) is 0.211. The third-order valence-electron chi connectivity index (χ3n) is 3.58. The molecule has 0 unspecified atom stereocenters. The fourth-order valence-corrected chi connectivity index (χ4v) is 2.31. The molecule has 2 amide bonds. The topological polar surface area (TPSA) is 75.7 Å². The van der Waals surface area contributed by atoms with Crippen LogP contribution < -0.4 is 10.2 Å². The average Bonchev–Trinajstić information content (AvgIpc) is 2.63. The smallest absolute Gasteiger partial charge is 0.315 e. The minimum Gasteiger partial charge on any atom is -0.469 e. The van der Waals surface area contributed by atoms with Gasteiger partial charge in [-0.25, -0.2) is 0 Å². The van der Waals surface area contributed by atoms with Crippen molar-refractivity contribution in [3.8, 4) is 0 Å². The Morgan fingerprint density at radius 1 is 1.00 bits per heavy atom. The summed E-state index contributed by atoms with van der Waals surface area (Å²) in [6.45, 7) is 2.45. The summed E-state index contributed by atoms with van der Waals surface area (Å²) < 4.78 is 4.44. The van der Waals surface area contributed by atoms with E-state index in [2.05, 4.69) is 10.1 Å². The van der Waals surface area contributed by atoms with Crippen LogP contribution in [-0.2, 0) is 14.3 Å². The molecule has 2 aromatic rings. The summed E-state index contributed by atoms with van der Waals surface area (Å²) in [5.74, 6) is -1.20. The second-order valence-electron chi connectivity index (χ2n) is 5.26. The molecule has 130 valence electrons. The Labute approximate surface area is 146 Å². The molecule has 0 saturated carbocycles. The number of rotatable bonds is 6. The van der Waals surface area contributed by atoms with E-state index in [4.69, 9.17) is 0 Å². The predicted molar refractivity (Wildman–Crippen MR) is 95.5 cm³/mol. The van der Waals surface area contributed by atoms with E-state index < -0.39 is 11.9 Å². The van der Waals surface area contributed by atoms with Crippen molar-refractivity contribution in [2.24, 2.45) is 0 Å². The van der Waals surface area contributed by atoms with Crippen molar-refractivity contribution in [2.45, 2.75) is 13.3 Å². The van der Waals surface area contributed by atoms with Gasteiger partial charge >= 0.3 is 5.97 Å². The molecule has 0 spiro atoms. The number of anilines is 2. The fourth-order valence-electron chi connectivity index (χ4n) is 2.31. The molecule has 0 bridgehead atoms. The van der Waals surface area contributed by atoms with Crippen LogP contribution >= 0.6 is 0 Å². The summed E-state index contributed by atoms with van der Waals surface area (Å²) in [6, 6.07) is 15.9. The molecule has 6 nitrogen and oxygen atoms in total. The van der Waals surface area contributed by atoms with E-state index >= 15 is 0 Å². The lowest BCUT2D eigenvalue weighted by Gasteiger charge is -2.21. The van der Waals surface area contributed by atoms with Gasteiger partial charge in [0.25, 0.3) is 5.91 Å². The van der Waals surface area contributed by atoms with Crippen molar-refractivity contribution in [1.29, 1.82) is 0 Å². The molecule has 2 aromatic carbocycles. The molecule has 6 heteroatoms. The molecule has 0 fully saturated rings. The first-order valence-corrected chi connectivity index (χ1v) is 7.88. The number of esters is 1. The number of carbonyl (C=O) groups is 3. The van der Waals surface area contributed by atoms with Crippen LogP contribution in [0.5, 0.6) is 0 Å². The Kier molecular flexibility index (Phi) is 6.28. The Bertz CT molecular complexity index is 742. The number of methoxy groups -OCH3 is 1. The highest BCUT2D eigenvalue weighted by atomic mass is 16.5. The highest BCUT2D eigenvalue weighted by Gasteiger charge is 2.16. The first kappa shape index (κ1) is 18.2. The second-order valence-corrected chi connectivity index (χ2v) is 5.26. The molecule has 2 rings (SSSR count). The summed E-state index contributed by atoms with van der Waals surface area (Å²) in [7, 11) is 1.22. The standard InChI is InChI=1S/C19H20N2O4/c1-3-21(16-7-5-4-6-8-16)19(24)14-9-11-15(12-10-14)20-17(22)13-18(23)25-2/h4-12H,3,13H2,1-2H3,(H,20,22). The molecule has 0 aromatic heterocycles. The largest absolute Gasteiger partial charge is 0.469 e. The molecule has 0 aliphatic heterocycles. The highest BCUT2D eigenvalue weighted by Crippen LogP contribution is 2.18. The van der Waals surface area contributed by atoms with E-state index in [0.717, 1.165) is 5.69 Å². The summed E-state index contributed by atoms with van der Waals surface area (Å²) in [4.78, 5) is 37.1. The molecule has 0 atom stereocenters. The quantitative estimate of drug-likeness (QED) is 0.648. The van der Waals surface area contributed by atoms with Crippen molar-refractivity contribution in [1.82, 2.24) is 0 Å². The number of amides is 2. The van der Waals surface area contributed by atoms with Gasteiger partial charge in [0.05, 0.1) is 7.11 Å². The van der Waals surface area contributed by atoms with Crippen LogP contribution in [0.15, 0.2) is 54.6 Å². The van der Waals surface area contributed by atoms with E-state index in [0.29, 0.717) is 17.8 Å². The molecule has 0 aliphatic carbocycles. The monoisotopic (exact) mass is 340 g/mol. The molecule has 1 N–H and O–H groups in total. The summed E-state index contributed by atoms with van der Waals surface area (Å²) in [5, 5.41) is 2.58. The molecule has 0 radical (unpaired) electrons. The number of nitrogens with one attached hydrogen (secondary N) is 1. The van der Waals surface area contributed by atoms with Crippen LogP contribution in [0.25, 0.3) is 0 Å². The van der Waals surface area contributed by atoms with E-state index in [1.807, 2.05) is 37.3 Å². The van der Waals surface area contributed by atoms with Gasteiger partial charge in [0.15, 0.2) is 0 Å². The maximum Gasteiger partial charge on any atom is 0.315 e. The minimum absolute atomic E-state index is 0.124. The first-order valence-electron chi connectivity index (χ1n) is 7.88. The van der Waals surface area contributed by atoms with E-state index in [1.54, 1.807) is 29.2 Å². The molecule has 0 aliphatic rings. The number of hydrogen-bond donors (Lipinski definition) is 1. The van der Waals surface area contributed by atoms with Crippen molar-refractivity contribution in [3.63, 3.8) is 0 Å². The van der Waals surface area contributed by atoms with Crippen LogP contribution in [0.1, 0.15) is 23.7 Å². The van der Waals surface area contributed by atoms with Gasteiger partial charge in [-0.15, -0.1) is 0 Å². The molecule has 25 heavy (non-hydrogen) atoms. The van der Waals surface area contributed by atoms with Crippen LogP contribution in [0.3, 0.4) is 0 Å². The van der Waals surface area contributed by atoms with Crippen molar-refractivity contribution < 1.29 is 19.1 Å². The number of carbonyl (C=O) groups excluding carboxylic acids is 3. The summed E-state index contributed by atoms with van der Waals surface area (Å²) in [5.41, 5.74) is 1.84. The van der Waals surface area contributed by atoms with Crippen molar-refractivity contribution >= 4 is 29.2 Å². The maximum atomic E-state index is 12.7. The highest BCUT2D eigenvalue weighted by molar-refractivity contribution is 6.06. The SMILES string of the molecule is CCN(C(=O)c1ccc(NC(=O)CC(=O)OC)cc1)c1ccccc1. The number of nitrogens with zero attached hydrogens (tertiary/aromatic N) is 1. The molecular formula is C19H20N2O4. The number of benzene rings is 2. The maximum absolute atomic E-state index is 12.7. The lowest BCUT2D eigenvalue weighted by molar-refractivity contribution is -0.142. The van der Waals surface area contributed by atoms with Crippen LogP contribution in [0, 0.1) is 0 Å². The van der Waals surface area contributed by atoms with Crippen LogP contribution in [0.2, 0.25) is 0 Å². The number of ether oxygens (including phenoxy) is 1. The van der Waals surface area contributed by atoms with Gasteiger partial charge in [-0.05, 0) is 43.3 Å². The normalized spacial score (nSPS) is 10.0. The number of para-hydroxylation sites is 1. The summed E-state index contributed by atoms with van der Waals surface area (Å²) in [6.07, 6.45) is -0.352. The third kappa shape index (κ3) is 4.91. The third-order valence-corrected chi connectivity index (χ3v) is 3.58. The van der Waals surface area contributed by atoms with E-state index in [9.17, 15) is 14.4 Å². The Hall–Kier alpha value is -3.15. The van der Waals surface area contributed by atoms with Crippen LogP contribution in [-0.4, -0.2) is 31.4 Å². The van der Waals surface area contributed by atoms with Gasteiger partial charge in [0.1, 0.15) is 6.42 Å². The molecular weight excluding hydrogens is 320 g/mol. The van der Waals surface area contributed by atoms with Crippen LogP contribution in [0.4, 0.5) is 11.4 Å². The van der Waals surface area contributed by atoms with Gasteiger partial charge in [-0.1, -0.05) is 18.2 Å². The lowest BCUT2D eigenvalue weighted by atomic mass is 10.1. The van der Waals surface area contributed by atoms with Gasteiger partial charge in [0.2, 0.25) is 5.91 Å². The summed E-state index contributed by atoms with van der Waals surface area (Å²) >= 11 is 0. The zero-order valence-electron chi connectivity index (χ0n) is 14.2. The van der Waals surface area contributed by atoms with Gasteiger partial charge < -0.3 is 15.0 Å². The van der Waals surface area contributed by atoms with Gasteiger partial charge in [-0.2, -0.15) is 0 Å². The van der Waals surface area contributed by atoms with E-state index in [1.165, 1.54) is 7.11 Å². The Balaban J connectivity index is 2.07. The van der Waals surface area contributed by atoms with Crippen molar-refractivity contribution in [2.75, 3.05) is 23.9 Å². The molecule has 0 heterocycles. The van der Waals surface area contributed by atoms with Gasteiger partial charge in [-0.3, -0.25) is 14.4 Å². The lowest BCUT2D eigenvalue weighted by Crippen LogP contribution is -2.30. The van der Waals surface area contributed by atoms with Crippen molar-refractivity contribution in [3.05, 3.63) is 60.2 Å². The minimum atomic E-state index is -0.606. The zero-order chi connectivity index (χ0) is 18.2. The Morgan fingerprint density at radius 3 is 2.20 bits per heavy atom.